The molecule has 2 unspecified atom stereocenters. The molecule has 2 atom stereocenters. The van der Waals surface area contributed by atoms with Gasteiger partial charge in [0.2, 0.25) is 5.91 Å². The molecule has 0 aromatic rings. The number of rotatable bonds is 2. The molecule has 1 saturated carbocycles. The van der Waals surface area contributed by atoms with Crippen LogP contribution in [-0.2, 0) is 4.79 Å². The van der Waals surface area contributed by atoms with Crippen LogP contribution in [0.1, 0.15) is 32.6 Å². The summed E-state index contributed by atoms with van der Waals surface area (Å²) in [4.78, 5) is 11.9. The van der Waals surface area contributed by atoms with E-state index < -0.39 is 0 Å². The highest BCUT2D eigenvalue weighted by atomic mass is 16.3. The molecule has 4 heteroatoms. The molecule has 1 heterocycles. The van der Waals surface area contributed by atoms with E-state index in [1.807, 2.05) is 0 Å². The van der Waals surface area contributed by atoms with Crippen molar-refractivity contribution in [1.29, 1.82) is 0 Å². The van der Waals surface area contributed by atoms with Gasteiger partial charge in [0.15, 0.2) is 0 Å². The predicted octanol–water partition coefficient (Wildman–Crippen LogP) is 0.0140. The third kappa shape index (κ3) is 2.49. The molecule has 0 bridgehead atoms. The van der Waals surface area contributed by atoms with Crippen LogP contribution in [0.3, 0.4) is 0 Å². The molecule has 4 nitrogen and oxygen atoms in total. The van der Waals surface area contributed by atoms with Gasteiger partial charge in [-0.15, -0.1) is 0 Å². The van der Waals surface area contributed by atoms with Crippen LogP contribution in [0, 0.1) is 5.92 Å². The second-order valence-corrected chi connectivity index (χ2v) is 4.88. The largest absolute Gasteiger partial charge is 0.393 e. The molecule has 1 amide bonds. The monoisotopic (exact) mass is 212 g/mol. The molecule has 1 aliphatic heterocycles. The summed E-state index contributed by atoms with van der Waals surface area (Å²) >= 11 is 0. The number of piperidine rings is 1. The minimum Gasteiger partial charge on any atom is -0.393 e. The molecule has 2 aliphatic rings. The van der Waals surface area contributed by atoms with E-state index in [9.17, 15) is 4.79 Å². The first-order chi connectivity index (χ1) is 7.16. The van der Waals surface area contributed by atoms with E-state index in [0.717, 1.165) is 19.4 Å². The quantitative estimate of drug-likeness (QED) is 0.604. The Hall–Kier alpha value is -0.610. The normalized spacial score (nSPS) is 40.7. The highest BCUT2D eigenvalue weighted by molar-refractivity contribution is 5.82. The lowest BCUT2D eigenvalue weighted by atomic mass is 9.87. The first-order valence-corrected chi connectivity index (χ1v) is 5.88. The average Bonchev–Trinajstić information content (AvgIpc) is 2.16. The fraction of sp³-hybridized carbons (Fsp3) is 0.909. The molecule has 86 valence electrons. The molecule has 0 radical (unpaired) electrons. The highest BCUT2D eigenvalue weighted by Gasteiger charge is 2.33. The van der Waals surface area contributed by atoms with Crippen LogP contribution in [-0.4, -0.2) is 35.7 Å². The summed E-state index contributed by atoms with van der Waals surface area (Å²) < 4.78 is 0. The van der Waals surface area contributed by atoms with Crippen LogP contribution in [0.4, 0.5) is 0 Å². The van der Waals surface area contributed by atoms with E-state index in [1.165, 1.54) is 0 Å². The third-order valence-electron chi connectivity index (χ3n) is 3.51. The van der Waals surface area contributed by atoms with Gasteiger partial charge in [0, 0.05) is 6.04 Å². The summed E-state index contributed by atoms with van der Waals surface area (Å²) in [5.41, 5.74) is 0. The Morgan fingerprint density at radius 3 is 2.80 bits per heavy atom. The summed E-state index contributed by atoms with van der Waals surface area (Å²) in [6, 6.07) is 0.167. The molecule has 2 fully saturated rings. The van der Waals surface area contributed by atoms with Gasteiger partial charge in [0.1, 0.15) is 0 Å². The Morgan fingerprint density at radius 2 is 2.20 bits per heavy atom. The summed E-state index contributed by atoms with van der Waals surface area (Å²) in [6.07, 6.45) is 3.51. The molecule has 15 heavy (non-hydrogen) atoms. The molecular weight excluding hydrogens is 192 g/mol. The first kappa shape index (κ1) is 10.9. The van der Waals surface area contributed by atoms with Gasteiger partial charge in [-0.3, -0.25) is 4.79 Å². The van der Waals surface area contributed by atoms with Crippen molar-refractivity contribution >= 4 is 5.91 Å². The van der Waals surface area contributed by atoms with Crippen molar-refractivity contribution in [1.82, 2.24) is 10.6 Å². The van der Waals surface area contributed by atoms with Gasteiger partial charge in [-0.05, 0) is 38.1 Å². The number of carbonyl (C=O) groups excluding carboxylic acids is 1. The van der Waals surface area contributed by atoms with Gasteiger partial charge in [-0.25, -0.2) is 0 Å². The van der Waals surface area contributed by atoms with Gasteiger partial charge >= 0.3 is 0 Å². The molecule has 0 aromatic carbocycles. The zero-order chi connectivity index (χ0) is 10.8. The Labute approximate surface area is 90.4 Å². The lowest BCUT2D eigenvalue weighted by Crippen LogP contribution is -2.56. The number of hydrogen-bond donors (Lipinski definition) is 3. The van der Waals surface area contributed by atoms with Crippen LogP contribution in [0.5, 0.6) is 0 Å². The maximum Gasteiger partial charge on any atom is 0.237 e. The zero-order valence-electron chi connectivity index (χ0n) is 9.20. The van der Waals surface area contributed by atoms with Crippen LogP contribution in [0.25, 0.3) is 0 Å². The van der Waals surface area contributed by atoms with Gasteiger partial charge < -0.3 is 15.7 Å². The predicted molar refractivity (Wildman–Crippen MR) is 57.4 cm³/mol. The average molecular weight is 212 g/mol. The molecule has 0 spiro atoms. The van der Waals surface area contributed by atoms with E-state index in [2.05, 4.69) is 17.6 Å². The van der Waals surface area contributed by atoms with Gasteiger partial charge in [-0.2, -0.15) is 0 Å². The lowest BCUT2D eigenvalue weighted by Gasteiger charge is -2.35. The van der Waals surface area contributed by atoms with E-state index >= 15 is 0 Å². The number of amides is 1. The van der Waals surface area contributed by atoms with E-state index in [1.54, 1.807) is 0 Å². The minimum absolute atomic E-state index is 0.0310. The van der Waals surface area contributed by atoms with Gasteiger partial charge in [-0.1, -0.05) is 6.92 Å². The third-order valence-corrected chi connectivity index (χ3v) is 3.51. The van der Waals surface area contributed by atoms with E-state index in [0.29, 0.717) is 18.8 Å². The van der Waals surface area contributed by atoms with Crippen molar-refractivity contribution in [2.45, 2.75) is 50.8 Å². The molecule has 2 rings (SSSR count). The smallest absolute Gasteiger partial charge is 0.237 e. The molecular formula is C11H20N2O2. The fourth-order valence-corrected chi connectivity index (χ4v) is 2.40. The SMILES string of the molecule is CC1CCCNC1C(=O)NC1CC(O)C1. The van der Waals surface area contributed by atoms with Crippen molar-refractivity contribution in [2.24, 2.45) is 5.92 Å². The first-order valence-electron chi connectivity index (χ1n) is 5.88. The van der Waals surface area contributed by atoms with Crippen molar-refractivity contribution in [3.63, 3.8) is 0 Å². The minimum atomic E-state index is -0.202. The Bertz CT molecular complexity index is 239. The number of hydrogen-bond acceptors (Lipinski definition) is 3. The number of aliphatic hydroxyl groups is 1. The Kier molecular flexibility index (Phi) is 3.26. The second-order valence-electron chi connectivity index (χ2n) is 4.88. The molecule has 1 saturated heterocycles. The molecule has 3 N–H and O–H groups in total. The Balaban J connectivity index is 1.79. The van der Waals surface area contributed by atoms with Crippen molar-refractivity contribution in [3.05, 3.63) is 0 Å². The summed E-state index contributed by atoms with van der Waals surface area (Å²) in [6.45, 7) is 3.06. The topological polar surface area (TPSA) is 61.4 Å². The maximum atomic E-state index is 11.9. The fourth-order valence-electron chi connectivity index (χ4n) is 2.40. The van der Waals surface area contributed by atoms with E-state index in [-0.39, 0.29) is 24.1 Å². The number of nitrogens with one attached hydrogen (secondary N) is 2. The van der Waals surface area contributed by atoms with Crippen LogP contribution in [0.15, 0.2) is 0 Å². The van der Waals surface area contributed by atoms with Gasteiger partial charge in [0.05, 0.1) is 12.1 Å². The highest BCUT2D eigenvalue weighted by Crippen LogP contribution is 2.21. The number of carbonyl (C=O) groups is 1. The Morgan fingerprint density at radius 1 is 1.47 bits per heavy atom. The molecule has 0 aromatic heterocycles. The van der Waals surface area contributed by atoms with Crippen molar-refractivity contribution in [2.75, 3.05) is 6.54 Å². The van der Waals surface area contributed by atoms with E-state index in [4.69, 9.17) is 5.11 Å². The van der Waals surface area contributed by atoms with Crippen LogP contribution in [0.2, 0.25) is 0 Å². The maximum absolute atomic E-state index is 11.9. The number of aliphatic hydroxyl groups excluding tert-OH is 1. The summed E-state index contributed by atoms with van der Waals surface area (Å²) in [5, 5.41) is 15.4. The second kappa shape index (κ2) is 4.49. The van der Waals surface area contributed by atoms with Crippen LogP contribution < -0.4 is 10.6 Å². The van der Waals surface area contributed by atoms with Gasteiger partial charge in [0.25, 0.3) is 0 Å². The lowest BCUT2D eigenvalue weighted by molar-refractivity contribution is -0.126. The zero-order valence-corrected chi connectivity index (χ0v) is 9.20. The molecule has 1 aliphatic carbocycles. The van der Waals surface area contributed by atoms with Crippen molar-refractivity contribution < 1.29 is 9.90 Å². The van der Waals surface area contributed by atoms with Crippen LogP contribution >= 0.6 is 0 Å². The summed E-state index contributed by atoms with van der Waals surface area (Å²) in [7, 11) is 0. The summed E-state index contributed by atoms with van der Waals surface area (Å²) in [5.74, 6) is 0.530. The standard InChI is InChI=1S/C11H20N2O2/c1-7-3-2-4-12-10(7)11(15)13-8-5-9(14)6-8/h7-10,12,14H,2-6H2,1H3,(H,13,15). The van der Waals surface area contributed by atoms with Crippen molar-refractivity contribution in [3.8, 4) is 0 Å².